The summed E-state index contributed by atoms with van der Waals surface area (Å²) < 4.78 is 7.40. The molecule has 0 bridgehead atoms. The van der Waals surface area contributed by atoms with E-state index in [1.807, 2.05) is 40.7 Å². The third kappa shape index (κ3) is 4.66. The fourth-order valence-corrected chi connectivity index (χ4v) is 3.07. The van der Waals surface area contributed by atoms with Crippen LogP contribution >= 0.6 is 0 Å². The van der Waals surface area contributed by atoms with Crippen LogP contribution in [-0.2, 0) is 27.6 Å². The first-order valence-corrected chi connectivity index (χ1v) is 9.06. The molecule has 0 unspecified atom stereocenters. The molecule has 2 rings (SSSR count). The van der Waals surface area contributed by atoms with Crippen molar-refractivity contribution >= 4 is 12.2 Å². The lowest BCUT2D eigenvalue weighted by molar-refractivity contribution is -0.150. The number of hydrogen-bond acceptors (Lipinski definition) is 6. The topological polar surface area (TPSA) is 95.1 Å². The Morgan fingerprint density at radius 2 is 2.18 bits per heavy atom. The molecule has 0 radical (unpaired) electrons. The standard InChI is InChI=1S/C20H27N3O5/c1-7-8-22-11-16(24)23(19(22)26)12-27-18(25)17-15(20(17,5)6)9-14(4)10-21-28-13(2)3/h1,9-11,13,15,17,24H,8,12H2,2-6H3/t15-,17+/m1/s1. The predicted molar refractivity (Wildman–Crippen MR) is 105 cm³/mol. The second kappa shape index (κ2) is 8.38. The van der Waals surface area contributed by atoms with Crippen molar-refractivity contribution in [3.8, 4) is 18.2 Å². The van der Waals surface area contributed by atoms with Gasteiger partial charge in [-0.2, -0.15) is 0 Å². The van der Waals surface area contributed by atoms with Gasteiger partial charge >= 0.3 is 11.7 Å². The second-order valence-electron chi connectivity index (χ2n) is 7.75. The van der Waals surface area contributed by atoms with E-state index < -0.39 is 11.7 Å². The summed E-state index contributed by atoms with van der Waals surface area (Å²) in [5, 5.41) is 13.7. The van der Waals surface area contributed by atoms with E-state index in [0.717, 1.165) is 14.7 Å². The highest BCUT2D eigenvalue weighted by Crippen LogP contribution is 2.59. The predicted octanol–water partition coefficient (Wildman–Crippen LogP) is 2.12. The molecule has 0 amide bonds. The minimum Gasteiger partial charge on any atom is -0.493 e. The van der Waals surface area contributed by atoms with Gasteiger partial charge < -0.3 is 14.7 Å². The molecule has 1 fully saturated rings. The quantitative estimate of drug-likeness (QED) is 0.318. The summed E-state index contributed by atoms with van der Waals surface area (Å²) in [5.41, 5.74) is 0.0780. The number of carbonyl (C=O) groups excluding carboxylic acids is 1. The number of hydrogen-bond donors (Lipinski definition) is 1. The van der Waals surface area contributed by atoms with Crippen molar-refractivity contribution in [1.29, 1.82) is 0 Å². The first kappa shape index (κ1) is 21.4. The Morgan fingerprint density at radius 1 is 1.50 bits per heavy atom. The number of aromatic hydroxyl groups is 1. The zero-order chi connectivity index (χ0) is 21.1. The number of rotatable bonds is 8. The van der Waals surface area contributed by atoms with E-state index in [1.54, 1.807) is 6.21 Å². The minimum atomic E-state index is -0.535. The fraction of sp³-hybridized carbons (Fsp3) is 0.550. The van der Waals surface area contributed by atoms with Crippen molar-refractivity contribution in [3.63, 3.8) is 0 Å². The summed E-state index contributed by atoms with van der Waals surface area (Å²) in [6.45, 7) is 9.26. The Hall–Kier alpha value is -2.95. The summed E-state index contributed by atoms with van der Waals surface area (Å²) in [7, 11) is 0. The van der Waals surface area contributed by atoms with E-state index >= 15 is 0 Å². The lowest BCUT2D eigenvalue weighted by Crippen LogP contribution is -2.26. The van der Waals surface area contributed by atoms with Crippen molar-refractivity contribution in [2.45, 2.75) is 54.0 Å². The van der Waals surface area contributed by atoms with Crippen molar-refractivity contribution in [3.05, 3.63) is 28.3 Å². The van der Waals surface area contributed by atoms with Crippen LogP contribution in [0.25, 0.3) is 0 Å². The molecule has 1 heterocycles. The fourth-order valence-electron chi connectivity index (χ4n) is 3.07. The van der Waals surface area contributed by atoms with Gasteiger partial charge in [0.15, 0.2) is 6.73 Å². The first-order valence-electron chi connectivity index (χ1n) is 9.06. The van der Waals surface area contributed by atoms with Crippen LogP contribution in [0.1, 0.15) is 34.6 Å². The molecule has 1 N–H and O–H groups in total. The Bertz CT molecular complexity index is 883. The summed E-state index contributed by atoms with van der Waals surface area (Å²) in [4.78, 5) is 29.7. The number of ether oxygens (including phenoxy) is 1. The molecule has 1 aromatic rings. The molecule has 0 saturated heterocycles. The third-order valence-corrected chi connectivity index (χ3v) is 4.76. The van der Waals surface area contributed by atoms with E-state index in [9.17, 15) is 14.7 Å². The molecule has 1 aliphatic rings. The van der Waals surface area contributed by atoms with Crippen LogP contribution in [0, 0.1) is 29.6 Å². The maximum absolute atomic E-state index is 12.5. The lowest BCUT2D eigenvalue weighted by atomic mass is 10.1. The number of esters is 1. The molecule has 8 nitrogen and oxygen atoms in total. The molecule has 1 aromatic heterocycles. The van der Waals surface area contributed by atoms with Crippen molar-refractivity contribution < 1.29 is 19.5 Å². The molecular weight excluding hydrogens is 362 g/mol. The molecule has 0 spiro atoms. The van der Waals surface area contributed by atoms with Gasteiger partial charge in [-0.25, -0.2) is 9.36 Å². The van der Waals surface area contributed by atoms with Gasteiger partial charge in [-0.15, -0.1) is 6.42 Å². The van der Waals surface area contributed by atoms with Crippen molar-refractivity contribution in [1.82, 2.24) is 9.13 Å². The highest BCUT2D eigenvalue weighted by atomic mass is 16.6. The SMILES string of the molecule is C#CCn1cc(O)n(COC(=O)[C@@H]2[C@@H](C=C(C)C=NOC(C)C)C2(C)C)c1=O. The van der Waals surface area contributed by atoms with Crippen LogP contribution in [0.3, 0.4) is 0 Å². The maximum Gasteiger partial charge on any atom is 0.334 e. The van der Waals surface area contributed by atoms with E-state index in [0.29, 0.717) is 0 Å². The molecule has 8 heteroatoms. The van der Waals surface area contributed by atoms with Crippen LogP contribution in [0.2, 0.25) is 0 Å². The molecule has 28 heavy (non-hydrogen) atoms. The molecule has 2 atom stereocenters. The Morgan fingerprint density at radius 3 is 2.79 bits per heavy atom. The summed E-state index contributed by atoms with van der Waals surface area (Å²) in [6.07, 6.45) is 9.97. The number of allylic oxidation sites excluding steroid dienone is 2. The normalized spacial score (nSPS) is 21.0. The smallest absolute Gasteiger partial charge is 0.334 e. The lowest BCUT2D eigenvalue weighted by Gasteiger charge is -2.06. The van der Waals surface area contributed by atoms with Gasteiger partial charge in [-0.05, 0) is 37.7 Å². The van der Waals surface area contributed by atoms with Gasteiger partial charge in [0.25, 0.3) is 0 Å². The average Bonchev–Trinajstić information content (AvgIpc) is 3.01. The largest absolute Gasteiger partial charge is 0.493 e. The second-order valence-corrected chi connectivity index (χ2v) is 7.75. The van der Waals surface area contributed by atoms with Gasteiger partial charge in [0.05, 0.1) is 24.9 Å². The molecular formula is C20H27N3O5. The Labute approximate surface area is 164 Å². The summed E-state index contributed by atoms with van der Waals surface area (Å²) >= 11 is 0. The summed E-state index contributed by atoms with van der Waals surface area (Å²) in [5.74, 6) is 1.23. The number of carbonyl (C=O) groups is 1. The van der Waals surface area contributed by atoms with Crippen LogP contribution in [0.15, 0.2) is 27.8 Å². The first-order chi connectivity index (χ1) is 13.1. The molecule has 0 aliphatic heterocycles. The van der Waals surface area contributed by atoms with Crippen molar-refractivity contribution in [2.75, 3.05) is 0 Å². The van der Waals surface area contributed by atoms with E-state index in [4.69, 9.17) is 16.0 Å². The zero-order valence-corrected chi connectivity index (χ0v) is 16.9. The van der Waals surface area contributed by atoms with E-state index in [-0.39, 0.29) is 42.5 Å². The van der Waals surface area contributed by atoms with Gasteiger partial charge in [0, 0.05) is 0 Å². The number of oxime groups is 1. The van der Waals surface area contributed by atoms with Crippen LogP contribution in [0.4, 0.5) is 0 Å². The Balaban J connectivity index is 2.01. The zero-order valence-electron chi connectivity index (χ0n) is 16.9. The molecule has 1 saturated carbocycles. The van der Waals surface area contributed by atoms with Gasteiger partial charge in [-0.3, -0.25) is 9.36 Å². The highest BCUT2D eigenvalue weighted by Gasteiger charge is 2.61. The van der Waals surface area contributed by atoms with Crippen molar-refractivity contribution in [2.24, 2.45) is 22.4 Å². The molecule has 1 aliphatic carbocycles. The van der Waals surface area contributed by atoms with Crippen LogP contribution in [0.5, 0.6) is 5.88 Å². The highest BCUT2D eigenvalue weighted by molar-refractivity contribution is 5.81. The number of imidazole rings is 1. The van der Waals surface area contributed by atoms with Gasteiger partial charge in [-0.1, -0.05) is 31.0 Å². The monoisotopic (exact) mass is 389 g/mol. The maximum atomic E-state index is 12.5. The van der Waals surface area contributed by atoms with Crippen LogP contribution in [-0.4, -0.2) is 32.5 Å². The number of nitrogens with zero attached hydrogens (tertiary/aromatic N) is 3. The summed E-state index contributed by atoms with van der Waals surface area (Å²) in [6, 6.07) is 0. The Kier molecular flexibility index (Phi) is 6.39. The molecule has 152 valence electrons. The van der Waals surface area contributed by atoms with E-state index in [2.05, 4.69) is 11.1 Å². The minimum absolute atomic E-state index is 0.000497. The van der Waals surface area contributed by atoms with Crippen LogP contribution < -0.4 is 5.69 Å². The average molecular weight is 389 g/mol. The van der Waals surface area contributed by atoms with Gasteiger partial charge in [0.2, 0.25) is 5.88 Å². The number of aromatic nitrogens is 2. The van der Waals surface area contributed by atoms with Gasteiger partial charge in [0.1, 0.15) is 6.10 Å². The number of terminal acetylenes is 1. The van der Waals surface area contributed by atoms with E-state index in [1.165, 1.54) is 6.20 Å². The third-order valence-electron chi connectivity index (χ3n) is 4.76. The molecule has 0 aromatic carbocycles.